The Morgan fingerprint density at radius 2 is 1.57 bits per heavy atom. The van der Waals surface area contributed by atoms with Crippen molar-refractivity contribution in [3.63, 3.8) is 0 Å². The lowest BCUT2D eigenvalue weighted by Gasteiger charge is -2.36. The molecule has 1 fully saturated rings. The quantitative estimate of drug-likeness (QED) is 0.371. The van der Waals surface area contributed by atoms with Crippen LogP contribution in [0, 0.1) is 0 Å². The predicted molar refractivity (Wildman–Crippen MR) is 143 cm³/mol. The number of carbonyl (C=O) groups excluding carboxylic acids is 1. The van der Waals surface area contributed by atoms with E-state index in [2.05, 4.69) is 26.9 Å². The van der Waals surface area contributed by atoms with Gasteiger partial charge < -0.3 is 23.8 Å². The minimum absolute atomic E-state index is 0.167. The molecule has 0 aliphatic carbocycles. The van der Waals surface area contributed by atoms with Gasteiger partial charge in [-0.05, 0) is 61.4 Å². The number of esters is 1. The van der Waals surface area contributed by atoms with Crippen LogP contribution in [-0.4, -0.2) is 62.4 Å². The lowest BCUT2D eigenvalue weighted by molar-refractivity contribution is 0.0378. The van der Waals surface area contributed by atoms with E-state index in [1.165, 1.54) is 5.56 Å². The van der Waals surface area contributed by atoms with Gasteiger partial charge in [0.25, 0.3) is 0 Å². The fourth-order valence-corrected chi connectivity index (χ4v) is 4.27. The van der Waals surface area contributed by atoms with Gasteiger partial charge in [0.05, 0.1) is 20.3 Å². The molecule has 0 amide bonds. The normalized spacial score (nSPS) is 13.9. The molecule has 0 atom stereocenters. The fourth-order valence-electron chi connectivity index (χ4n) is 4.27. The molecule has 37 heavy (non-hydrogen) atoms. The maximum atomic E-state index is 12.5. The number of aromatic nitrogens is 1. The second-order valence-corrected chi connectivity index (χ2v) is 9.25. The zero-order chi connectivity index (χ0) is 26.2. The van der Waals surface area contributed by atoms with Gasteiger partial charge in [0, 0.05) is 45.0 Å². The van der Waals surface area contributed by atoms with Gasteiger partial charge in [-0.1, -0.05) is 12.1 Å². The number of nitrogens with zero attached hydrogens (tertiary/aromatic N) is 3. The van der Waals surface area contributed by atoms with Crippen LogP contribution >= 0.6 is 0 Å². The standard InChI is InChI=1S/C29H35N3O5/c1-21(2)37-29(33)27-6-5-11-30-28(27)32-14-12-31(13-15-32)19-22-7-9-24(10-8-22)36-20-23-16-25(34-3)18-26(17-23)35-4/h5-11,16-18,21H,12-15,19-20H2,1-4H3. The monoisotopic (exact) mass is 505 g/mol. The van der Waals surface area contributed by atoms with Gasteiger partial charge >= 0.3 is 5.97 Å². The molecule has 196 valence electrons. The van der Waals surface area contributed by atoms with Crippen LogP contribution in [-0.2, 0) is 17.9 Å². The van der Waals surface area contributed by atoms with E-state index in [-0.39, 0.29) is 12.1 Å². The Hall–Kier alpha value is -3.78. The SMILES string of the molecule is COc1cc(COc2ccc(CN3CCN(c4ncccc4C(=O)OC(C)C)CC3)cc2)cc(OC)c1. The number of ether oxygens (including phenoxy) is 4. The number of piperazine rings is 1. The number of carbonyl (C=O) groups is 1. The van der Waals surface area contributed by atoms with E-state index in [1.54, 1.807) is 32.5 Å². The molecule has 2 aromatic carbocycles. The molecule has 0 spiro atoms. The zero-order valence-electron chi connectivity index (χ0n) is 22.0. The highest BCUT2D eigenvalue weighted by Gasteiger charge is 2.23. The van der Waals surface area contributed by atoms with Gasteiger partial charge in [-0.3, -0.25) is 4.90 Å². The van der Waals surface area contributed by atoms with E-state index >= 15 is 0 Å². The summed E-state index contributed by atoms with van der Waals surface area (Å²) in [4.78, 5) is 21.6. The summed E-state index contributed by atoms with van der Waals surface area (Å²) in [7, 11) is 3.27. The summed E-state index contributed by atoms with van der Waals surface area (Å²) >= 11 is 0. The summed E-state index contributed by atoms with van der Waals surface area (Å²) in [6.07, 6.45) is 1.56. The van der Waals surface area contributed by atoms with E-state index in [9.17, 15) is 4.79 Å². The van der Waals surface area contributed by atoms with Gasteiger partial charge in [-0.25, -0.2) is 9.78 Å². The van der Waals surface area contributed by atoms with Crippen LogP contribution in [0.1, 0.15) is 35.3 Å². The summed E-state index contributed by atoms with van der Waals surface area (Å²) in [5, 5.41) is 0. The molecule has 1 aromatic heterocycles. The van der Waals surface area contributed by atoms with Crippen LogP contribution in [0.3, 0.4) is 0 Å². The highest BCUT2D eigenvalue weighted by Crippen LogP contribution is 2.25. The molecule has 8 nitrogen and oxygen atoms in total. The summed E-state index contributed by atoms with van der Waals surface area (Å²) < 4.78 is 22.0. The molecule has 1 saturated heterocycles. The van der Waals surface area contributed by atoms with Crippen molar-refractivity contribution in [1.82, 2.24) is 9.88 Å². The molecule has 4 rings (SSSR count). The van der Waals surface area contributed by atoms with Crippen LogP contribution in [0.25, 0.3) is 0 Å². The molecular weight excluding hydrogens is 470 g/mol. The fraction of sp³-hybridized carbons (Fsp3) is 0.379. The molecule has 0 N–H and O–H groups in total. The number of rotatable bonds is 10. The van der Waals surface area contributed by atoms with Crippen molar-refractivity contribution in [2.24, 2.45) is 0 Å². The minimum atomic E-state index is -0.326. The van der Waals surface area contributed by atoms with Crippen LogP contribution in [0.15, 0.2) is 60.8 Å². The van der Waals surface area contributed by atoms with E-state index in [1.807, 2.05) is 44.2 Å². The van der Waals surface area contributed by atoms with Gasteiger partial charge in [0.15, 0.2) is 0 Å². The Kier molecular flexibility index (Phi) is 8.85. The lowest BCUT2D eigenvalue weighted by atomic mass is 10.1. The molecule has 1 aliphatic rings. The first-order valence-corrected chi connectivity index (χ1v) is 12.5. The van der Waals surface area contributed by atoms with Crippen molar-refractivity contribution < 1.29 is 23.7 Å². The third kappa shape index (κ3) is 7.13. The molecule has 0 saturated carbocycles. The number of pyridine rings is 1. The summed E-state index contributed by atoms with van der Waals surface area (Å²) in [6, 6.07) is 17.5. The Balaban J connectivity index is 1.29. The predicted octanol–water partition coefficient (Wildman–Crippen LogP) is 4.57. The van der Waals surface area contributed by atoms with E-state index in [0.717, 1.165) is 55.5 Å². The topological polar surface area (TPSA) is 73.4 Å². The second kappa shape index (κ2) is 12.5. The smallest absolute Gasteiger partial charge is 0.342 e. The molecule has 0 bridgehead atoms. The largest absolute Gasteiger partial charge is 0.497 e. The van der Waals surface area contributed by atoms with Crippen LogP contribution in [0.5, 0.6) is 17.2 Å². The molecule has 0 radical (unpaired) electrons. The van der Waals surface area contributed by atoms with Crippen LogP contribution in [0.4, 0.5) is 5.82 Å². The number of benzene rings is 2. The lowest BCUT2D eigenvalue weighted by Crippen LogP contribution is -2.46. The van der Waals surface area contributed by atoms with Crippen molar-refractivity contribution in [1.29, 1.82) is 0 Å². The molecule has 3 aromatic rings. The number of methoxy groups -OCH3 is 2. The van der Waals surface area contributed by atoms with Gasteiger partial charge in [0.2, 0.25) is 0 Å². The first kappa shape index (κ1) is 26.3. The second-order valence-electron chi connectivity index (χ2n) is 9.25. The molecule has 2 heterocycles. The summed E-state index contributed by atoms with van der Waals surface area (Å²) in [6.45, 7) is 8.33. The Morgan fingerprint density at radius 1 is 0.892 bits per heavy atom. The Bertz CT molecular complexity index is 1150. The molecule has 0 unspecified atom stereocenters. The third-order valence-electron chi connectivity index (χ3n) is 6.17. The minimum Gasteiger partial charge on any atom is -0.497 e. The molecule has 8 heteroatoms. The molecule has 1 aliphatic heterocycles. The van der Waals surface area contributed by atoms with Gasteiger partial charge in [0.1, 0.15) is 35.2 Å². The van der Waals surface area contributed by atoms with Crippen molar-refractivity contribution in [3.8, 4) is 17.2 Å². The van der Waals surface area contributed by atoms with E-state index in [4.69, 9.17) is 18.9 Å². The molecular formula is C29H35N3O5. The Labute approximate surface area is 218 Å². The zero-order valence-corrected chi connectivity index (χ0v) is 22.0. The number of hydrogen-bond donors (Lipinski definition) is 0. The first-order valence-electron chi connectivity index (χ1n) is 12.5. The third-order valence-corrected chi connectivity index (χ3v) is 6.17. The summed E-state index contributed by atoms with van der Waals surface area (Å²) in [5.74, 6) is 2.66. The van der Waals surface area contributed by atoms with Crippen LogP contribution < -0.4 is 19.1 Å². The number of hydrogen-bond acceptors (Lipinski definition) is 8. The van der Waals surface area contributed by atoms with Crippen molar-refractivity contribution in [3.05, 3.63) is 77.5 Å². The van der Waals surface area contributed by atoms with Gasteiger partial charge in [-0.15, -0.1) is 0 Å². The van der Waals surface area contributed by atoms with Gasteiger partial charge in [-0.2, -0.15) is 0 Å². The number of anilines is 1. The highest BCUT2D eigenvalue weighted by atomic mass is 16.5. The van der Waals surface area contributed by atoms with E-state index < -0.39 is 0 Å². The summed E-state index contributed by atoms with van der Waals surface area (Å²) in [5.41, 5.74) is 2.72. The van der Waals surface area contributed by atoms with Crippen molar-refractivity contribution >= 4 is 11.8 Å². The first-order chi connectivity index (χ1) is 17.9. The average Bonchev–Trinajstić information content (AvgIpc) is 2.92. The van der Waals surface area contributed by atoms with E-state index in [0.29, 0.717) is 18.0 Å². The average molecular weight is 506 g/mol. The Morgan fingerprint density at radius 3 is 2.19 bits per heavy atom. The van der Waals surface area contributed by atoms with Crippen molar-refractivity contribution in [2.45, 2.75) is 33.1 Å². The van der Waals surface area contributed by atoms with Crippen molar-refractivity contribution in [2.75, 3.05) is 45.3 Å². The maximum absolute atomic E-state index is 12.5. The van der Waals surface area contributed by atoms with Crippen LogP contribution in [0.2, 0.25) is 0 Å². The maximum Gasteiger partial charge on any atom is 0.342 e. The highest BCUT2D eigenvalue weighted by molar-refractivity contribution is 5.94.